The molecule has 0 saturated heterocycles. The number of hydrogen-bond donors (Lipinski definition) is 0. The van der Waals surface area contributed by atoms with Crippen LogP contribution in [0.3, 0.4) is 0 Å². The summed E-state index contributed by atoms with van der Waals surface area (Å²) in [4.78, 5) is 11.3. The number of rotatable bonds is 6. The summed E-state index contributed by atoms with van der Waals surface area (Å²) in [7, 11) is 0. The van der Waals surface area contributed by atoms with Gasteiger partial charge in [0.15, 0.2) is 12.0 Å². The van der Waals surface area contributed by atoms with E-state index < -0.39 is 0 Å². The Morgan fingerprint density at radius 1 is 1.09 bits per heavy atom. The Morgan fingerprint density at radius 2 is 1.91 bits per heavy atom. The highest BCUT2D eigenvalue weighted by Gasteiger charge is 2.14. The number of carbonyl (C=O) groups is 1. The summed E-state index contributed by atoms with van der Waals surface area (Å²) in [6, 6.07) is 18.4. The van der Waals surface area contributed by atoms with Crippen LogP contribution in [0, 0.1) is 6.92 Å². The van der Waals surface area contributed by atoms with E-state index in [-0.39, 0.29) is 0 Å². The van der Waals surface area contributed by atoms with Gasteiger partial charge in [-0.05, 0) is 31.4 Å². The summed E-state index contributed by atoms with van der Waals surface area (Å²) < 4.78 is 1.83. The Morgan fingerprint density at radius 3 is 2.65 bits per heavy atom. The lowest BCUT2D eigenvalue weighted by molar-refractivity contribution is 0.111. The smallest absolute Gasteiger partial charge is 0.172 e. The van der Waals surface area contributed by atoms with Crippen molar-refractivity contribution >= 4 is 6.29 Å². The van der Waals surface area contributed by atoms with Gasteiger partial charge in [0, 0.05) is 12.1 Å². The van der Waals surface area contributed by atoms with Crippen LogP contribution in [0.15, 0.2) is 54.6 Å². The standard InChI is InChI=1S/C19H19N3O/c1-15-7-5-11-17(13-15)19-18(14-23)20-21-22(19)12-6-10-16-8-3-2-4-9-16/h2-5,7-9,11,13-14H,6,10,12H2,1H3. The van der Waals surface area contributed by atoms with Crippen LogP contribution in [0.1, 0.15) is 28.0 Å². The molecule has 3 rings (SSSR count). The third kappa shape index (κ3) is 3.54. The number of hydrogen-bond acceptors (Lipinski definition) is 3. The van der Waals surface area contributed by atoms with E-state index in [0.717, 1.165) is 42.5 Å². The molecule has 1 aromatic heterocycles. The Hall–Kier alpha value is -2.75. The zero-order valence-electron chi connectivity index (χ0n) is 13.1. The fourth-order valence-electron chi connectivity index (χ4n) is 2.73. The largest absolute Gasteiger partial charge is 0.296 e. The highest BCUT2D eigenvalue weighted by Crippen LogP contribution is 2.22. The lowest BCUT2D eigenvalue weighted by Crippen LogP contribution is -2.04. The summed E-state index contributed by atoms with van der Waals surface area (Å²) in [6.45, 7) is 2.77. The number of nitrogens with zero attached hydrogens (tertiary/aromatic N) is 3. The van der Waals surface area contributed by atoms with Crippen molar-refractivity contribution in [1.82, 2.24) is 15.0 Å². The molecule has 0 spiro atoms. The zero-order valence-corrected chi connectivity index (χ0v) is 13.1. The second kappa shape index (κ2) is 7.01. The third-order valence-electron chi connectivity index (χ3n) is 3.84. The second-order valence-electron chi connectivity index (χ2n) is 5.62. The average Bonchev–Trinajstić information content (AvgIpc) is 2.99. The molecule has 23 heavy (non-hydrogen) atoms. The number of benzene rings is 2. The van der Waals surface area contributed by atoms with Gasteiger partial charge in [-0.15, -0.1) is 5.10 Å². The minimum Gasteiger partial charge on any atom is -0.296 e. The average molecular weight is 305 g/mol. The summed E-state index contributed by atoms with van der Waals surface area (Å²) >= 11 is 0. The number of aromatic nitrogens is 3. The maximum absolute atomic E-state index is 11.3. The molecule has 4 heteroatoms. The first kappa shape index (κ1) is 15.2. The molecule has 0 atom stereocenters. The Labute approximate surface area is 135 Å². The number of aldehydes is 1. The quantitative estimate of drug-likeness (QED) is 0.652. The second-order valence-corrected chi connectivity index (χ2v) is 5.62. The van der Waals surface area contributed by atoms with Gasteiger partial charge in [0.05, 0.1) is 5.69 Å². The number of aryl methyl sites for hydroxylation is 3. The van der Waals surface area contributed by atoms with Crippen LogP contribution < -0.4 is 0 Å². The SMILES string of the molecule is Cc1cccc(-c2c(C=O)nnn2CCCc2ccccc2)c1. The van der Waals surface area contributed by atoms with Crippen molar-refractivity contribution in [2.24, 2.45) is 0 Å². The predicted molar refractivity (Wildman–Crippen MR) is 90.3 cm³/mol. The van der Waals surface area contributed by atoms with Crippen molar-refractivity contribution < 1.29 is 4.79 Å². The normalized spacial score (nSPS) is 10.7. The van der Waals surface area contributed by atoms with Crippen molar-refractivity contribution in [1.29, 1.82) is 0 Å². The van der Waals surface area contributed by atoms with Gasteiger partial charge in [-0.1, -0.05) is 59.3 Å². The molecule has 3 aromatic rings. The maximum atomic E-state index is 11.3. The molecule has 4 nitrogen and oxygen atoms in total. The van der Waals surface area contributed by atoms with Crippen LogP contribution in [0.4, 0.5) is 0 Å². The molecule has 0 saturated carbocycles. The van der Waals surface area contributed by atoms with Gasteiger partial charge in [-0.25, -0.2) is 4.68 Å². The minimum atomic E-state index is 0.398. The Balaban J connectivity index is 1.80. The molecule has 0 aliphatic heterocycles. The first-order valence-corrected chi connectivity index (χ1v) is 7.77. The molecule has 116 valence electrons. The highest BCUT2D eigenvalue weighted by molar-refractivity contribution is 5.83. The maximum Gasteiger partial charge on any atom is 0.172 e. The van der Waals surface area contributed by atoms with Crippen LogP contribution in [-0.4, -0.2) is 21.3 Å². The van der Waals surface area contributed by atoms with Crippen LogP contribution in [0.25, 0.3) is 11.3 Å². The third-order valence-corrected chi connectivity index (χ3v) is 3.84. The van der Waals surface area contributed by atoms with E-state index >= 15 is 0 Å². The monoisotopic (exact) mass is 305 g/mol. The molecule has 0 aliphatic rings. The molecular weight excluding hydrogens is 286 g/mol. The molecule has 0 aliphatic carbocycles. The van der Waals surface area contributed by atoms with E-state index in [1.807, 2.05) is 48.0 Å². The lowest BCUT2D eigenvalue weighted by atomic mass is 10.1. The summed E-state index contributed by atoms with van der Waals surface area (Å²) in [5.74, 6) is 0. The van der Waals surface area contributed by atoms with Gasteiger partial charge >= 0.3 is 0 Å². The van der Waals surface area contributed by atoms with Crippen LogP contribution in [0.5, 0.6) is 0 Å². The molecule has 0 unspecified atom stereocenters. The molecule has 0 N–H and O–H groups in total. The zero-order chi connectivity index (χ0) is 16.1. The molecule has 0 amide bonds. The topological polar surface area (TPSA) is 47.8 Å². The van der Waals surface area contributed by atoms with Crippen molar-refractivity contribution in [2.75, 3.05) is 0 Å². The minimum absolute atomic E-state index is 0.398. The molecule has 1 heterocycles. The Kier molecular flexibility index (Phi) is 4.62. The van der Waals surface area contributed by atoms with E-state index in [0.29, 0.717) is 5.69 Å². The van der Waals surface area contributed by atoms with Crippen molar-refractivity contribution in [3.8, 4) is 11.3 Å². The van der Waals surface area contributed by atoms with Gasteiger partial charge < -0.3 is 0 Å². The summed E-state index contributed by atoms with van der Waals surface area (Å²) in [6.07, 6.45) is 2.70. The van der Waals surface area contributed by atoms with Crippen molar-refractivity contribution in [3.05, 3.63) is 71.4 Å². The first-order valence-electron chi connectivity index (χ1n) is 7.77. The Bertz CT molecular complexity index is 793. The van der Waals surface area contributed by atoms with Gasteiger partial charge in [-0.3, -0.25) is 4.79 Å². The van der Waals surface area contributed by atoms with Crippen LogP contribution in [-0.2, 0) is 13.0 Å². The predicted octanol–water partition coefficient (Wildman–Crippen LogP) is 3.70. The van der Waals surface area contributed by atoms with E-state index in [2.05, 4.69) is 28.5 Å². The summed E-state index contributed by atoms with van der Waals surface area (Å²) in [5, 5.41) is 8.17. The lowest BCUT2D eigenvalue weighted by Gasteiger charge is -2.08. The van der Waals surface area contributed by atoms with Crippen molar-refractivity contribution in [3.63, 3.8) is 0 Å². The molecule has 2 aromatic carbocycles. The fourth-order valence-corrected chi connectivity index (χ4v) is 2.73. The molecule has 0 fully saturated rings. The number of carbonyl (C=O) groups excluding carboxylic acids is 1. The van der Waals surface area contributed by atoms with Crippen LogP contribution in [0.2, 0.25) is 0 Å². The van der Waals surface area contributed by atoms with Gasteiger partial charge in [0.25, 0.3) is 0 Å². The highest BCUT2D eigenvalue weighted by atomic mass is 16.1. The first-order chi connectivity index (χ1) is 11.3. The summed E-state index contributed by atoms with van der Waals surface area (Å²) in [5.41, 5.74) is 4.64. The fraction of sp³-hybridized carbons (Fsp3) is 0.211. The molecule has 0 radical (unpaired) electrons. The molecule has 0 bridgehead atoms. The van der Waals surface area contributed by atoms with Crippen molar-refractivity contribution in [2.45, 2.75) is 26.3 Å². The van der Waals surface area contributed by atoms with E-state index in [4.69, 9.17) is 0 Å². The van der Waals surface area contributed by atoms with Gasteiger partial charge in [-0.2, -0.15) is 0 Å². The van der Waals surface area contributed by atoms with Gasteiger partial charge in [0.1, 0.15) is 0 Å². The van der Waals surface area contributed by atoms with E-state index in [1.165, 1.54) is 5.56 Å². The van der Waals surface area contributed by atoms with Crippen LogP contribution >= 0.6 is 0 Å². The van der Waals surface area contributed by atoms with Gasteiger partial charge in [0.2, 0.25) is 0 Å². The molecular formula is C19H19N3O. The van der Waals surface area contributed by atoms with E-state index in [9.17, 15) is 4.79 Å². The van der Waals surface area contributed by atoms with E-state index in [1.54, 1.807) is 0 Å².